The van der Waals surface area contributed by atoms with Crippen LogP contribution in [0.25, 0.3) is 0 Å². The van der Waals surface area contributed by atoms with Crippen molar-refractivity contribution in [2.75, 3.05) is 0 Å². The number of hydrogen-bond acceptors (Lipinski definition) is 1. The van der Waals surface area contributed by atoms with Gasteiger partial charge < -0.3 is 5.11 Å². The lowest BCUT2D eigenvalue weighted by Gasteiger charge is -2.32. The van der Waals surface area contributed by atoms with Crippen molar-refractivity contribution in [2.45, 2.75) is 59.5 Å². The maximum absolute atomic E-state index is 10.2. The molecule has 1 heteroatoms. The van der Waals surface area contributed by atoms with Gasteiger partial charge >= 0.3 is 0 Å². The van der Waals surface area contributed by atoms with Crippen molar-refractivity contribution in [3.05, 3.63) is 34.4 Å². The Balaban J connectivity index is 2.18. The van der Waals surface area contributed by atoms with E-state index >= 15 is 0 Å². The quantitative estimate of drug-likeness (QED) is 0.837. The van der Waals surface area contributed by atoms with Gasteiger partial charge in [-0.2, -0.15) is 0 Å². The first-order chi connectivity index (χ1) is 8.47. The van der Waals surface area contributed by atoms with Gasteiger partial charge in [-0.1, -0.05) is 24.6 Å². The predicted octanol–water partition coefficient (Wildman–Crippen LogP) is 3.95. The molecule has 0 radical (unpaired) electrons. The van der Waals surface area contributed by atoms with Crippen LogP contribution in [0.5, 0.6) is 0 Å². The number of aliphatic hydroxyl groups excluding tert-OH is 1. The lowest BCUT2D eigenvalue weighted by atomic mass is 9.76. The van der Waals surface area contributed by atoms with Crippen molar-refractivity contribution < 1.29 is 5.11 Å². The summed E-state index contributed by atoms with van der Waals surface area (Å²) >= 11 is 0. The van der Waals surface area contributed by atoms with E-state index < -0.39 is 0 Å². The fourth-order valence-corrected chi connectivity index (χ4v) is 3.50. The van der Waals surface area contributed by atoms with Gasteiger partial charge in [0.25, 0.3) is 0 Å². The van der Waals surface area contributed by atoms with Crippen LogP contribution in [0, 0.1) is 32.6 Å². The molecule has 0 saturated heterocycles. The minimum atomic E-state index is -0.0960. The van der Waals surface area contributed by atoms with Gasteiger partial charge in [-0.05, 0) is 75.0 Å². The maximum Gasteiger partial charge on any atom is 0.0571 e. The Labute approximate surface area is 111 Å². The highest BCUT2D eigenvalue weighted by molar-refractivity contribution is 5.37. The second-order valence-electron chi connectivity index (χ2n) is 6.33. The molecule has 1 fully saturated rings. The Bertz CT molecular complexity index is 399. The molecule has 100 valence electrons. The van der Waals surface area contributed by atoms with Crippen LogP contribution in [0.3, 0.4) is 0 Å². The molecule has 1 aliphatic carbocycles. The Morgan fingerprint density at radius 1 is 1.11 bits per heavy atom. The molecule has 2 rings (SSSR count). The van der Waals surface area contributed by atoms with Crippen LogP contribution < -0.4 is 0 Å². The number of rotatable bonds is 2. The third-order valence-corrected chi connectivity index (χ3v) is 4.51. The van der Waals surface area contributed by atoms with E-state index in [-0.39, 0.29) is 6.10 Å². The Morgan fingerprint density at radius 3 is 2.33 bits per heavy atom. The normalized spacial score (nSPS) is 28.4. The van der Waals surface area contributed by atoms with E-state index in [1.807, 2.05) is 0 Å². The summed E-state index contributed by atoms with van der Waals surface area (Å²) in [5, 5.41) is 10.2. The molecule has 0 spiro atoms. The van der Waals surface area contributed by atoms with Gasteiger partial charge in [-0.25, -0.2) is 0 Å². The van der Waals surface area contributed by atoms with Crippen LogP contribution in [-0.4, -0.2) is 11.2 Å². The minimum absolute atomic E-state index is 0.0960. The molecular weight excluding hydrogens is 220 g/mol. The van der Waals surface area contributed by atoms with Crippen LogP contribution in [-0.2, 0) is 6.42 Å². The van der Waals surface area contributed by atoms with Gasteiger partial charge in [0, 0.05) is 0 Å². The molecular formula is C17H26O. The molecule has 1 saturated carbocycles. The number of aliphatic hydroxyl groups is 1. The van der Waals surface area contributed by atoms with Crippen LogP contribution >= 0.6 is 0 Å². The highest BCUT2D eigenvalue weighted by Crippen LogP contribution is 2.33. The molecule has 1 N–H and O–H groups in total. The molecule has 0 bridgehead atoms. The predicted molar refractivity (Wildman–Crippen MR) is 76.9 cm³/mol. The maximum atomic E-state index is 10.2. The molecule has 0 amide bonds. The van der Waals surface area contributed by atoms with Crippen molar-refractivity contribution in [2.24, 2.45) is 11.8 Å². The SMILES string of the molecule is Cc1cc(C)c(CC2CC(C)CCC2O)c(C)c1. The van der Waals surface area contributed by atoms with Crippen LogP contribution in [0.15, 0.2) is 12.1 Å². The summed E-state index contributed by atoms with van der Waals surface area (Å²) in [4.78, 5) is 0. The van der Waals surface area contributed by atoms with Crippen LogP contribution in [0.1, 0.15) is 48.4 Å². The van der Waals surface area contributed by atoms with Crippen molar-refractivity contribution in [3.8, 4) is 0 Å². The lowest BCUT2D eigenvalue weighted by Crippen LogP contribution is -2.30. The lowest BCUT2D eigenvalue weighted by molar-refractivity contribution is 0.0518. The van der Waals surface area contributed by atoms with Gasteiger partial charge in [0.2, 0.25) is 0 Å². The van der Waals surface area contributed by atoms with Gasteiger partial charge in [-0.15, -0.1) is 0 Å². The molecule has 1 aromatic rings. The highest BCUT2D eigenvalue weighted by atomic mass is 16.3. The van der Waals surface area contributed by atoms with E-state index in [1.54, 1.807) is 0 Å². The smallest absolute Gasteiger partial charge is 0.0571 e. The van der Waals surface area contributed by atoms with E-state index in [4.69, 9.17) is 0 Å². The zero-order valence-electron chi connectivity index (χ0n) is 12.2. The van der Waals surface area contributed by atoms with Gasteiger partial charge in [0.05, 0.1) is 6.10 Å². The molecule has 3 atom stereocenters. The molecule has 1 aromatic carbocycles. The summed E-state index contributed by atoms with van der Waals surface area (Å²) in [6, 6.07) is 4.53. The molecule has 3 unspecified atom stereocenters. The topological polar surface area (TPSA) is 20.2 Å². The zero-order valence-corrected chi connectivity index (χ0v) is 12.2. The molecule has 0 heterocycles. The molecule has 0 aliphatic heterocycles. The summed E-state index contributed by atoms with van der Waals surface area (Å²) in [6.45, 7) is 8.87. The highest BCUT2D eigenvalue weighted by Gasteiger charge is 2.27. The Kier molecular flexibility index (Phi) is 4.11. The first-order valence-electron chi connectivity index (χ1n) is 7.22. The Morgan fingerprint density at radius 2 is 1.72 bits per heavy atom. The molecule has 0 aromatic heterocycles. The molecule has 18 heavy (non-hydrogen) atoms. The monoisotopic (exact) mass is 246 g/mol. The molecule has 1 nitrogen and oxygen atoms in total. The average Bonchev–Trinajstić information content (AvgIpc) is 2.28. The standard InChI is InChI=1S/C17H26O/c1-11-5-6-17(18)15(9-11)10-16-13(3)7-12(2)8-14(16)4/h7-8,11,15,17-18H,5-6,9-10H2,1-4H3. The van der Waals surface area contributed by atoms with Gasteiger partial charge in [-0.3, -0.25) is 0 Å². The van der Waals surface area contributed by atoms with Crippen molar-refractivity contribution in [1.29, 1.82) is 0 Å². The largest absolute Gasteiger partial charge is 0.393 e. The van der Waals surface area contributed by atoms with Crippen LogP contribution in [0.4, 0.5) is 0 Å². The first kappa shape index (κ1) is 13.6. The number of hydrogen-bond donors (Lipinski definition) is 1. The fraction of sp³-hybridized carbons (Fsp3) is 0.647. The van der Waals surface area contributed by atoms with Gasteiger partial charge in [0.15, 0.2) is 0 Å². The summed E-state index contributed by atoms with van der Waals surface area (Å²) in [7, 11) is 0. The van der Waals surface area contributed by atoms with Gasteiger partial charge in [0.1, 0.15) is 0 Å². The summed E-state index contributed by atoms with van der Waals surface area (Å²) in [5.41, 5.74) is 5.57. The van der Waals surface area contributed by atoms with E-state index in [2.05, 4.69) is 39.8 Å². The third-order valence-electron chi connectivity index (χ3n) is 4.51. The second-order valence-corrected chi connectivity index (χ2v) is 6.33. The van der Waals surface area contributed by atoms with E-state index in [1.165, 1.54) is 35.1 Å². The minimum Gasteiger partial charge on any atom is -0.393 e. The van der Waals surface area contributed by atoms with E-state index in [0.29, 0.717) is 5.92 Å². The van der Waals surface area contributed by atoms with E-state index in [0.717, 1.165) is 18.8 Å². The van der Waals surface area contributed by atoms with Crippen molar-refractivity contribution in [1.82, 2.24) is 0 Å². The summed E-state index contributed by atoms with van der Waals surface area (Å²) < 4.78 is 0. The summed E-state index contributed by atoms with van der Waals surface area (Å²) in [5.74, 6) is 1.22. The third kappa shape index (κ3) is 2.95. The van der Waals surface area contributed by atoms with E-state index in [9.17, 15) is 5.11 Å². The fourth-order valence-electron chi connectivity index (χ4n) is 3.50. The average molecular weight is 246 g/mol. The number of aryl methyl sites for hydroxylation is 3. The summed E-state index contributed by atoms with van der Waals surface area (Å²) in [6.07, 6.45) is 4.29. The van der Waals surface area contributed by atoms with Crippen molar-refractivity contribution in [3.63, 3.8) is 0 Å². The second kappa shape index (κ2) is 5.44. The Hall–Kier alpha value is -0.820. The first-order valence-corrected chi connectivity index (χ1v) is 7.22. The number of benzene rings is 1. The van der Waals surface area contributed by atoms with Crippen LogP contribution in [0.2, 0.25) is 0 Å². The molecule has 1 aliphatic rings. The van der Waals surface area contributed by atoms with Crippen molar-refractivity contribution >= 4 is 0 Å². The zero-order chi connectivity index (χ0) is 13.3.